The van der Waals surface area contributed by atoms with E-state index in [1.807, 2.05) is 0 Å². The molecule has 0 bridgehead atoms. The van der Waals surface area contributed by atoms with Gasteiger partial charge in [0.1, 0.15) is 17.8 Å². The molecule has 0 aliphatic heterocycles. The van der Waals surface area contributed by atoms with Crippen molar-refractivity contribution in [3.8, 4) is 0 Å². The molecule has 2 aromatic rings. The van der Waals surface area contributed by atoms with E-state index in [1.54, 1.807) is 20.8 Å². The van der Waals surface area contributed by atoms with Gasteiger partial charge in [0.15, 0.2) is 5.82 Å². The van der Waals surface area contributed by atoms with Crippen LogP contribution in [0.15, 0.2) is 0 Å². The maximum atomic E-state index is 12.9. The van der Waals surface area contributed by atoms with Gasteiger partial charge < -0.3 is 20.5 Å². The number of hydrogen-bond donors (Lipinski definition) is 3. The number of nitrogens with zero attached hydrogens (tertiary/aromatic N) is 3. The van der Waals surface area contributed by atoms with Gasteiger partial charge in [0.2, 0.25) is 0 Å². The second-order valence-electron chi connectivity index (χ2n) is 6.44. The van der Waals surface area contributed by atoms with Gasteiger partial charge in [0, 0.05) is 17.7 Å². The Morgan fingerprint density at radius 1 is 1.12 bits per heavy atom. The van der Waals surface area contributed by atoms with Crippen LogP contribution in [0.3, 0.4) is 0 Å². The summed E-state index contributed by atoms with van der Waals surface area (Å²) in [5, 5.41) is 19.0. The molecule has 2 heterocycles. The standard InChI is InChI=1S/C15H21F3N4O2/c1-8-9(2)20-13(19)11-12(8)22(5-14(3,6-23)7-24)10(21-11)4-15(16,17)18/h23-24H,4-7H2,1-3H3,(H2,19,20). The zero-order valence-corrected chi connectivity index (χ0v) is 13.8. The topological polar surface area (TPSA) is 97.2 Å². The van der Waals surface area contributed by atoms with Crippen LogP contribution in [0.5, 0.6) is 0 Å². The summed E-state index contributed by atoms with van der Waals surface area (Å²) in [5.41, 5.74) is 6.75. The van der Waals surface area contributed by atoms with E-state index < -0.39 is 18.0 Å². The molecule has 0 saturated heterocycles. The number of aromatic nitrogens is 3. The lowest BCUT2D eigenvalue weighted by Gasteiger charge is -2.27. The minimum absolute atomic E-state index is 0.0222. The van der Waals surface area contributed by atoms with Gasteiger partial charge in [0.05, 0.1) is 18.7 Å². The van der Waals surface area contributed by atoms with Crippen molar-refractivity contribution in [1.82, 2.24) is 14.5 Å². The fourth-order valence-electron chi connectivity index (χ4n) is 2.56. The molecule has 0 aliphatic rings. The predicted octanol–water partition coefficient (Wildman–Crippen LogP) is 1.73. The highest BCUT2D eigenvalue weighted by Gasteiger charge is 2.34. The normalized spacial score (nSPS) is 13.0. The Morgan fingerprint density at radius 3 is 2.21 bits per heavy atom. The molecular formula is C15H21F3N4O2. The Bertz CT molecular complexity index is 751. The molecule has 9 heteroatoms. The van der Waals surface area contributed by atoms with E-state index in [-0.39, 0.29) is 36.9 Å². The van der Waals surface area contributed by atoms with Crippen molar-refractivity contribution in [2.24, 2.45) is 5.41 Å². The zero-order chi connectivity index (χ0) is 18.3. The fourth-order valence-corrected chi connectivity index (χ4v) is 2.56. The minimum Gasteiger partial charge on any atom is -0.396 e. The van der Waals surface area contributed by atoms with Gasteiger partial charge in [-0.15, -0.1) is 0 Å². The number of nitrogen functional groups attached to an aromatic ring is 1. The van der Waals surface area contributed by atoms with Crippen LogP contribution in [0.25, 0.3) is 11.0 Å². The van der Waals surface area contributed by atoms with Crippen molar-refractivity contribution in [3.63, 3.8) is 0 Å². The molecule has 24 heavy (non-hydrogen) atoms. The highest BCUT2D eigenvalue weighted by atomic mass is 19.4. The number of alkyl halides is 3. The summed E-state index contributed by atoms with van der Waals surface area (Å²) in [5.74, 6) is -0.155. The molecule has 0 fully saturated rings. The summed E-state index contributed by atoms with van der Waals surface area (Å²) in [6.07, 6.45) is -5.67. The van der Waals surface area contributed by atoms with Gasteiger partial charge in [-0.3, -0.25) is 0 Å². The van der Waals surface area contributed by atoms with Crippen LogP contribution in [0.1, 0.15) is 24.0 Å². The summed E-state index contributed by atoms with van der Waals surface area (Å²) < 4.78 is 40.2. The quantitative estimate of drug-likeness (QED) is 0.766. The number of aliphatic hydroxyl groups excluding tert-OH is 2. The molecule has 0 aromatic carbocycles. The van der Waals surface area contributed by atoms with E-state index in [2.05, 4.69) is 9.97 Å². The third kappa shape index (κ3) is 3.46. The van der Waals surface area contributed by atoms with Gasteiger partial charge in [0.25, 0.3) is 0 Å². The largest absolute Gasteiger partial charge is 0.396 e. The number of pyridine rings is 1. The van der Waals surface area contributed by atoms with E-state index in [1.165, 1.54) is 4.57 Å². The average molecular weight is 346 g/mol. The number of anilines is 1. The molecule has 2 rings (SSSR count). The Balaban J connectivity index is 2.74. The van der Waals surface area contributed by atoms with Crippen LogP contribution in [-0.2, 0) is 13.0 Å². The highest BCUT2D eigenvalue weighted by molar-refractivity contribution is 5.88. The van der Waals surface area contributed by atoms with E-state index >= 15 is 0 Å². The monoisotopic (exact) mass is 346 g/mol. The lowest BCUT2D eigenvalue weighted by atomic mass is 9.92. The van der Waals surface area contributed by atoms with E-state index in [0.717, 1.165) is 0 Å². The van der Waals surface area contributed by atoms with Crippen molar-refractivity contribution in [3.05, 3.63) is 17.1 Å². The number of aryl methyl sites for hydroxylation is 2. The average Bonchev–Trinajstić information content (AvgIpc) is 2.82. The highest BCUT2D eigenvalue weighted by Crippen LogP contribution is 2.31. The molecule has 0 aliphatic carbocycles. The first kappa shape index (κ1) is 18.5. The van der Waals surface area contributed by atoms with Crippen LogP contribution < -0.4 is 5.73 Å². The number of nitrogens with two attached hydrogens (primary N) is 1. The van der Waals surface area contributed by atoms with Crippen molar-refractivity contribution in [2.75, 3.05) is 18.9 Å². The van der Waals surface area contributed by atoms with Gasteiger partial charge in [-0.1, -0.05) is 6.92 Å². The first-order chi connectivity index (χ1) is 11.0. The van der Waals surface area contributed by atoms with E-state index in [9.17, 15) is 23.4 Å². The second-order valence-corrected chi connectivity index (χ2v) is 6.44. The van der Waals surface area contributed by atoms with E-state index in [0.29, 0.717) is 16.8 Å². The molecule has 6 nitrogen and oxygen atoms in total. The SMILES string of the molecule is Cc1nc(N)c2nc(CC(F)(F)F)n(CC(C)(CO)CO)c2c1C. The van der Waals surface area contributed by atoms with Gasteiger partial charge in [-0.25, -0.2) is 9.97 Å². The summed E-state index contributed by atoms with van der Waals surface area (Å²) >= 11 is 0. The third-order valence-corrected chi connectivity index (χ3v) is 4.14. The molecule has 0 spiro atoms. The molecule has 2 aromatic heterocycles. The Labute approximate surface area is 137 Å². The number of rotatable bonds is 5. The van der Waals surface area contributed by atoms with Crippen molar-refractivity contribution >= 4 is 16.9 Å². The predicted molar refractivity (Wildman–Crippen MR) is 83.5 cm³/mol. The zero-order valence-electron chi connectivity index (χ0n) is 13.8. The molecular weight excluding hydrogens is 325 g/mol. The summed E-state index contributed by atoms with van der Waals surface area (Å²) in [6, 6.07) is 0. The number of aliphatic hydroxyl groups is 2. The first-order valence-electron chi connectivity index (χ1n) is 7.41. The van der Waals surface area contributed by atoms with Gasteiger partial charge in [-0.05, 0) is 19.4 Å². The Kier molecular flexibility index (Phi) is 4.78. The number of fused-ring (bicyclic) bond motifs is 1. The maximum Gasteiger partial charge on any atom is 0.396 e. The van der Waals surface area contributed by atoms with Crippen molar-refractivity contribution in [2.45, 2.75) is 39.9 Å². The number of halogens is 3. The lowest BCUT2D eigenvalue weighted by Crippen LogP contribution is -2.32. The van der Waals surface area contributed by atoms with Crippen molar-refractivity contribution in [1.29, 1.82) is 0 Å². The summed E-state index contributed by atoms with van der Waals surface area (Å²) in [6.45, 7) is 4.24. The minimum atomic E-state index is -4.45. The molecule has 0 unspecified atom stereocenters. The Hall–Kier alpha value is -1.87. The van der Waals surface area contributed by atoms with Crippen LogP contribution >= 0.6 is 0 Å². The van der Waals surface area contributed by atoms with Gasteiger partial charge in [-0.2, -0.15) is 13.2 Å². The third-order valence-electron chi connectivity index (χ3n) is 4.14. The number of imidazole rings is 1. The molecule has 4 N–H and O–H groups in total. The first-order valence-corrected chi connectivity index (χ1v) is 7.41. The summed E-state index contributed by atoms with van der Waals surface area (Å²) in [7, 11) is 0. The molecule has 0 atom stereocenters. The van der Waals surface area contributed by atoms with Crippen LogP contribution in [-0.4, -0.2) is 44.1 Å². The fraction of sp³-hybridized carbons (Fsp3) is 0.600. The van der Waals surface area contributed by atoms with Crippen molar-refractivity contribution < 1.29 is 23.4 Å². The number of hydrogen-bond acceptors (Lipinski definition) is 5. The van der Waals surface area contributed by atoms with Crippen LogP contribution in [0, 0.1) is 19.3 Å². The van der Waals surface area contributed by atoms with Crippen LogP contribution in [0.4, 0.5) is 19.0 Å². The molecule has 0 saturated carbocycles. The molecule has 0 radical (unpaired) electrons. The second kappa shape index (κ2) is 6.21. The lowest BCUT2D eigenvalue weighted by molar-refractivity contribution is -0.129. The molecule has 0 amide bonds. The van der Waals surface area contributed by atoms with Gasteiger partial charge >= 0.3 is 6.18 Å². The van der Waals surface area contributed by atoms with E-state index in [4.69, 9.17) is 5.73 Å². The Morgan fingerprint density at radius 2 is 1.71 bits per heavy atom. The smallest absolute Gasteiger partial charge is 0.396 e. The maximum absolute atomic E-state index is 12.9. The summed E-state index contributed by atoms with van der Waals surface area (Å²) in [4.78, 5) is 8.16. The molecule has 134 valence electrons. The van der Waals surface area contributed by atoms with Crippen LogP contribution in [0.2, 0.25) is 0 Å².